The van der Waals surface area contributed by atoms with Crippen molar-refractivity contribution in [3.63, 3.8) is 0 Å². The number of aliphatic hydroxyl groups excluding tert-OH is 1. The van der Waals surface area contributed by atoms with Crippen molar-refractivity contribution in [3.8, 4) is 11.1 Å². The number of aromatic nitrogens is 2. The largest absolute Gasteiger partial charge is 0.417 e. The second-order valence-electron chi connectivity index (χ2n) is 7.30. The molecule has 0 radical (unpaired) electrons. The third-order valence-electron chi connectivity index (χ3n) is 5.09. The summed E-state index contributed by atoms with van der Waals surface area (Å²) in [6, 6.07) is 13.0. The van der Waals surface area contributed by atoms with Crippen molar-refractivity contribution in [2.24, 2.45) is 0 Å². The van der Waals surface area contributed by atoms with Crippen LogP contribution in [0.4, 0.5) is 26.3 Å². The topological polar surface area (TPSA) is 48.9 Å². The van der Waals surface area contributed by atoms with Crippen molar-refractivity contribution in [2.45, 2.75) is 19.0 Å². The van der Waals surface area contributed by atoms with Gasteiger partial charge in [0, 0.05) is 0 Å². The van der Waals surface area contributed by atoms with E-state index in [-0.39, 0.29) is 28.0 Å². The van der Waals surface area contributed by atoms with E-state index >= 15 is 0 Å². The van der Waals surface area contributed by atoms with Crippen LogP contribution < -0.4 is 0 Å². The summed E-state index contributed by atoms with van der Waals surface area (Å²) in [5.41, 5.74) is -0.269. The second-order valence-corrected chi connectivity index (χ2v) is 7.30. The zero-order chi connectivity index (χ0) is 23.8. The molecule has 170 valence electrons. The molecule has 0 saturated heterocycles. The first kappa shape index (κ1) is 22.6. The second kappa shape index (κ2) is 8.40. The van der Waals surface area contributed by atoms with Crippen LogP contribution in [0.5, 0.6) is 0 Å². The number of hydrogen-bond donors (Lipinski definition) is 2. The zero-order valence-corrected chi connectivity index (χ0v) is 16.8. The summed E-state index contributed by atoms with van der Waals surface area (Å²) in [5, 5.41) is 9.56. The van der Waals surface area contributed by atoms with Crippen LogP contribution in [-0.2, 0) is 19.0 Å². The average molecular weight is 462 g/mol. The highest BCUT2D eigenvalue weighted by molar-refractivity contribution is 5.87. The lowest BCUT2D eigenvalue weighted by Gasteiger charge is -2.15. The SMILES string of the molecule is OCc1ccccc1-c1cc2nc(/C=C/c3ccc(C(F)(F)F)cc3)[nH]c2cc1C(F)(F)F. The summed E-state index contributed by atoms with van der Waals surface area (Å²) in [5.74, 6) is 0.241. The number of benzene rings is 3. The van der Waals surface area contributed by atoms with Gasteiger partial charge in [0.25, 0.3) is 0 Å². The highest BCUT2D eigenvalue weighted by atomic mass is 19.4. The smallest absolute Gasteiger partial charge is 0.392 e. The Kier molecular flexibility index (Phi) is 5.75. The zero-order valence-electron chi connectivity index (χ0n) is 16.8. The van der Waals surface area contributed by atoms with E-state index in [1.807, 2.05) is 0 Å². The van der Waals surface area contributed by atoms with Crippen LogP contribution in [0, 0.1) is 0 Å². The van der Waals surface area contributed by atoms with Crippen LogP contribution in [0.15, 0.2) is 60.7 Å². The molecule has 33 heavy (non-hydrogen) atoms. The molecule has 4 aromatic rings. The summed E-state index contributed by atoms with van der Waals surface area (Å²) in [7, 11) is 0. The molecule has 2 N–H and O–H groups in total. The summed E-state index contributed by atoms with van der Waals surface area (Å²) in [4.78, 5) is 7.09. The molecule has 0 saturated carbocycles. The maximum absolute atomic E-state index is 13.8. The third-order valence-corrected chi connectivity index (χ3v) is 5.09. The average Bonchev–Trinajstić information content (AvgIpc) is 3.18. The molecule has 4 rings (SSSR count). The molecular formula is C24H16F6N2O. The van der Waals surface area contributed by atoms with Crippen molar-refractivity contribution in [3.05, 3.63) is 88.7 Å². The lowest BCUT2D eigenvalue weighted by Crippen LogP contribution is -2.08. The van der Waals surface area contributed by atoms with E-state index < -0.39 is 30.1 Å². The number of nitrogens with zero attached hydrogens (tertiary/aromatic N) is 1. The minimum Gasteiger partial charge on any atom is -0.392 e. The first-order valence-electron chi connectivity index (χ1n) is 9.71. The standard InChI is InChI=1S/C24H16F6N2O/c25-23(26,27)16-8-5-14(6-9-16)7-10-22-31-20-11-18(17-4-2-1-3-15(17)13-33)19(24(28,29)30)12-21(20)32-22/h1-12,33H,13H2,(H,31,32)/b10-7+. The molecule has 0 aliphatic carbocycles. The first-order chi connectivity index (χ1) is 15.6. The Hall–Kier alpha value is -3.59. The van der Waals surface area contributed by atoms with Gasteiger partial charge in [-0.3, -0.25) is 0 Å². The van der Waals surface area contributed by atoms with Crippen LogP contribution in [0.2, 0.25) is 0 Å². The van der Waals surface area contributed by atoms with Crippen molar-refractivity contribution in [1.29, 1.82) is 0 Å². The molecule has 1 heterocycles. The maximum Gasteiger partial charge on any atom is 0.417 e. The molecule has 3 aromatic carbocycles. The lowest BCUT2D eigenvalue weighted by atomic mass is 9.94. The van der Waals surface area contributed by atoms with Gasteiger partial charge in [0.15, 0.2) is 0 Å². The van der Waals surface area contributed by atoms with E-state index in [1.165, 1.54) is 36.4 Å². The summed E-state index contributed by atoms with van der Waals surface area (Å²) in [6.07, 6.45) is -6.11. The van der Waals surface area contributed by atoms with Crippen molar-refractivity contribution in [1.82, 2.24) is 9.97 Å². The minimum atomic E-state index is -4.65. The van der Waals surface area contributed by atoms with Gasteiger partial charge in [0.2, 0.25) is 0 Å². The number of alkyl halides is 6. The molecule has 0 bridgehead atoms. The number of aromatic amines is 1. The van der Waals surface area contributed by atoms with Crippen LogP contribution in [0.3, 0.4) is 0 Å². The van der Waals surface area contributed by atoms with E-state index in [1.54, 1.807) is 18.2 Å². The van der Waals surface area contributed by atoms with Crippen LogP contribution >= 0.6 is 0 Å². The third kappa shape index (κ3) is 4.78. The van der Waals surface area contributed by atoms with E-state index in [0.29, 0.717) is 11.1 Å². The highest BCUT2D eigenvalue weighted by Gasteiger charge is 2.35. The molecule has 0 atom stereocenters. The van der Waals surface area contributed by atoms with Gasteiger partial charge in [-0.05, 0) is 52.6 Å². The number of rotatable bonds is 4. The van der Waals surface area contributed by atoms with Crippen molar-refractivity contribution >= 4 is 23.2 Å². The van der Waals surface area contributed by atoms with Gasteiger partial charge in [-0.25, -0.2) is 4.98 Å². The predicted octanol–water partition coefficient (Wildman–Crippen LogP) is 6.93. The fourth-order valence-electron chi connectivity index (χ4n) is 3.49. The normalized spacial score (nSPS) is 12.7. The molecule has 3 nitrogen and oxygen atoms in total. The molecule has 0 aliphatic rings. The number of aliphatic hydroxyl groups is 1. The Morgan fingerprint density at radius 3 is 2.15 bits per heavy atom. The fourth-order valence-corrected chi connectivity index (χ4v) is 3.49. The van der Waals surface area contributed by atoms with Gasteiger partial charge in [0.05, 0.1) is 28.8 Å². The van der Waals surface area contributed by atoms with Gasteiger partial charge in [-0.1, -0.05) is 42.5 Å². The molecule has 0 aliphatic heterocycles. The van der Waals surface area contributed by atoms with Crippen LogP contribution in [-0.4, -0.2) is 15.1 Å². The molecule has 0 unspecified atom stereocenters. The number of nitrogens with one attached hydrogen (secondary N) is 1. The van der Waals surface area contributed by atoms with Gasteiger partial charge in [-0.15, -0.1) is 0 Å². The molecular weight excluding hydrogens is 446 g/mol. The molecule has 1 aromatic heterocycles. The first-order valence-corrected chi connectivity index (χ1v) is 9.71. The van der Waals surface area contributed by atoms with E-state index in [0.717, 1.165) is 18.2 Å². The molecule has 0 fully saturated rings. The van der Waals surface area contributed by atoms with Crippen molar-refractivity contribution in [2.75, 3.05) is 0 Å². The quantitative estimate of drug-likeness (QED) is 0.323. The minimum absolute atomic E-state index is 0.107. The summed E-state index contributed by atoms with van der Waals surface area (Å²) in [6.45, 7) is -0.423. The Morgan fingerprint density at radius 2 is 1.52 bits per heavy atom. The van der Waals surface area contributed by atoms with Gasteiger partial charge < -0.3 is 10.1 Å². The van der Waals surface area contributed by atoms with E-state index in [4.69, 9.17) is 0 Å². The number of hydrogen-bond acceptors (Lipinski definition) is 2. The van der Waals surface area contributed by atoms with Crippen LogP contribution in [0.25, 0.3) is 34.3 Å². The van der Waals surface area contributed by atoms with E-state index in [2.05, 4.69) is 9.97 Å². The fraction of sp³-hybridized carbons (Fsp3) is 0.125. The Bertz CT molecular complexity index is 1320. The number of fused-ring (bicyclic) bond motifs is 1. The Balaban J connectivity index is 1.74. The Morgan fingerprint density at radius 1 is 0.818 bits per heavy atom. The summed E-state index contributed by atoms with van der Waals surface area (Å²) >= 11 is 0. The lowest BCUT2D eigenvalue weighted by molar-refractivity contribution is -0.138. The van der Waals surface area contributed by atoms with Gasteiger partial charge in [-0.2, -0.15) is 26.3 Å². The molecule has 0 amide bonds. The monoisotopic (exact) mass is 462 g/mol. The number of halogens is 6. The van der Waals surface area contributed by atoms with E-state index in [9.17, 15) is 31.4 Å². The Labute approximate surface area is 184 Å². The number of imidazole rings is 1. The van der Waals surface area contributed by atoms with Gasteiger partial charge in [0.1, 0.15) is 5.82 Å². The highest BCUT2D eigenvalue weighted by Crippen LogP contribution is 2.40. The van der Waals surface area contributed by atoms with Crippen LogP contribution in [0.1, 0.15) is 28.1 Å². The van der Waals surface area contributed by atoms with Gasteiger partial charge >= 0.3 is 12.4 Å². The maximum atomic E-state index is 13.8. The summed E-state index contributed by atoms with van der Waals surface area (Å²) < 4.78 is 79.4. The number of H-pyrrole nitrogens is 1. The molecule has 9 heteroatoms. The molecule has 0 spiro atoms. The van der Waals surface area contributed by atoms with Crippen molar-refractivity contribution < 1.29 is 31.4 Å². The predicted molar refractivity (Wildman–Crippen MR) is 113 cm³/mol.